The van der Waals surface area contributed by atoms with E-state index in [-0.39, 0.29) is 18.3 Å². The number of amides is 1. The summed E-state index contributed by atoms with van der Waals surface area (Å²) < 4.78 is 18.4. The maximum Gasteiger partial charge on any atom is 0.260 e. The van der Waals surface area contributed by atoms with E-state index in [0.29, 0.717) is 6.54 Å². The van der Waals surface area contributed by atoms with Crippen molar-refractivity contribution in [3.63, 3.8) is 0 Å². The second kappa shape index (κ2) is 5.49. The lowest BCUT2D eigenvalue weighted by molar-refractivity contribution is -0.131. The number of carbonyl (C=O) groups is 1. The molecule has 0 aliphatic heterocycles. The summed E-state index contributed by atoms with van der Waals surface area (Å²) >= 11 is 0. The quantitative estimate of drug-likeness (QED) is 0.784. The third-order valence-corrected chi connectivity index (χ3v) is 2.34. The van der Waals surface area contributed by atoms with Crippen LogP contribution in [0.5, 0.6) is 5.75 Å². The van der Waals surface area contributed by atoms with Crippen molar-refractivity contribution in [3.05, 3.63) is 29.6 Å². The lowest BCUT2D eigenvalue weighted by atomic mass is 10.2. The summed E-state index contributed by atoms with van der Waals surface area (Å²) in [4.78, 5) is 12.9. The zero-order valence-electron chi connectivity index (χ0n) is 9.79. The molecule has 88 valence electrons. The van der Waals surface area contributed by atoms with E-state index in [9.17, 15) is 9.18 Å². The van der Waals surface area contributed by atoms with Crippen molar-refractivity contribution in [3.8, 4) is 5.75 Å². The predicted octanol–water partition coefficient (Wildman–Crippen LogP) is 1.99. The highest BCUT2D eigenvalue weighted by atomic mass is 19.1. The van der Waals surface area contributed by atoms with Crippen LogP contribution in [0.4, 0.5) is 4.39 Å². The summed E-state index contributed by atoms with van der Waals surface area (Å²) in [7, 11) is 1.68. The van der Waals surface area contributed by atoms with Crippen LogP contribution < -0.4 is 4.74 Å². The Labute approximate surface area is 94.8 Å². The number of nitrogens with zero attached hydrogens (tertiary/aromatic N) is 1. The molecule has 4 heteroatoms. The third-order valence-electron chi connectivity index (χ3n) is 2.34. The maximum absolute atomic E-state index is 13.3. The van der Waals surface area contributed by atoms with Gasteiger partial charge < -0.3 is 9.64 Å². The molecule has 16 heavy (non-hydrogen) atoms. The van der Waals surface area contributed by atoms with Gasteiger partial charge >= 0.3 is 0 Å². The van der Waals surface area contributed by atoms with Gasteiger partial charge in [0.1, 0.15) is 0 Å². The minimum atomic E-state index is -0.447. The summed E-state index contributed by atoms with van der Waals surface area (Å²) in [5.74, 6) is -0.487. The molecule has 1 aromatic rings. The maximum atomic E-state index is 13.3. The molecule has 0 aliphatic carbocycles. The fourth-order valence-electron chi connectivity index (χ4n) is 1.15. The molecule has 0 aliphatic rings. The summed E-state index contributed by atoms with van der Waals surface area (Å²) in [5, 5.41) is 0. The van der Waals surface area contributed by atoms with Crippen LogP contribution in [0.2, 0.25) is 0 Å². The van der Waals surface area contributed by atoms with Gasteiger partial charge in [-0.2, -0.15) is 0 Å². The first-order valence-corrected chi connectivity index (χ1v) is 5.17. The number of aryl methyl sites for hydroxylation is 1. The first-order valence-electron chi connectivity index (χ1n) is 5.17. The minimum Gasteiger partial charge on any atom is -0.481 e. The fraction of sp³-hybridized carbons (Fsp3) is 0.417. The van der Waals surface area contributed by atoms with Gasteiger partial charge in [-0.05, 0) is 31.5 Å². The first kappa shape index (κ1) is 12.5. The molecule has 0 saturated carbocycles. The molecule has 0 atom stereocenters. The van der Waals surface area contributed by atoms with Crippen LogP contribution in [-0.2, 0) is 4.79 Å². The van der Waals surface area contributed by atoms with Gasteiger partial charge in [0.15, 0.2) is 18.2 Å². The number of likely N-dealkylation sites (N-methyl/N-ethyl adjacent to an activating group) is 1. The largest absolute Gasteiger partial charge is 0.481 e. The van der Waals surface area contributed by atoms with Crippen LogP contribution >= 0.6 is 0 Å². The van der Waals surface area contributed by atoms with Crippen LogP contribution in [0, 0.1) is 12.7 Å². The molecule has 0 fully saturated rings. The van der Waals surface area contributed by atoms with E-state index in [0.717, 1.165) is 5.56 Å². The van der Waals surface area contributed by atoms with E-state index in [4.69, 9.17) is 4.74 Å². The molecule has 0 unspecified atom stereocenters. The molecule has 1 amide bonds. The number of hydrogen-bond acceptors (Lipinski definition) is 2. The van der Waals surface area contributed by atoms with E-state index in [1.165, 1.54) is 11.0 Å². The van der Waals surface area contributed by atoms with Crippen molar-refractivity contribution in [1.82, 2.24) is 4.90 Å². The molecule has 3 nitrogen and oxygen atoms in total. The number of halogens is 1. The summed E-state index contributed by atoms with van der Waals surface area (Å²) in [6.07, 6.45) is 0. The molecule has 0 aromatic heterocycles. The van der Waals surface area contributed by atoms with Crippen molar-refractivity contribution < 1.29 is 13.9 Å². The highest BCUT2D eigenvalue weighted by Crippen LogP contribution is 2.18. The van der Waals surface area contributed by atoms with E-state index < -0.39 is 5.82 Å². The molecular formula is C12H16FNO2. The highest BCUT2D eigenvalue weighted by molar-refractivity contribution is 5.77. The zero-order chi connectivity index (χ0) is 12.1. The van der Waals surface area contributed by atoms with Gasteiger partial charge in [-0.15, -0.1) is 0 Å². The van der Waals surface area contributed by atoms with Gasteiger partial charge in [0.05, 0.1) is 0 Å². The zero-order valence-corrected chi connectivity index (χ0v) is 9.79. The van der Waals surface area contributed by atoms with E-state index >= 15 is 0 Å². The Hall–Kier alpha value is -1.58. The van der Waals surface area contributed by atoms with Crippen molar-refractivity contribution >= 4 is 5.91 Å². The summed E-state index contributed by atoms with van der Waals surface area (Å²) in [5.41, 5.74) is 0.896. The topological polar surface area (TPSA) is 29.5 Å². The number of hydrogen-bond donors (Lipinski definition) is 0. The van der Waals surface area contributed by atoms with E-state index in [1.54, 1.807) is 19.2 Å². The third kappa shape index (κ3) is 3.22. The minimum absolute atomic E-state index is 0.123. The lowest BCUT2D eigenvalue weighted by Crippen LogP contribution is -2.31. The number of ether oxygens (including phenoxy) is 1. The number of benzene rings is 1. The highest BCUT2D eigenvalue weighted by Gasteiger charge is 2.09. The molecule has 0 radical (unpaired) electrons. The second-order valence-corrected chi connectivity index (χ2v) is 3.63. The second-order valence-electron chi connectivity index (χ2n) is 3.63. The molecule has 1 rings (SSSR count). The average molecular weight is 225 g/mol. The predicted molar refractivity (Wildman–Crippen MR) is 59.9 cm³/mol. The molecule has 0 N–H and O–H groups in total. The smallest absolute Gasteiger partial charge is 0.260 e. The summed E-state index contributed by atoms with van der Waals surface area (Å²) in [6.45, 7) is 4.18. The summed E-state index contributed by atoms with van der Waals surface area (Å²) in [6, 6.07) is 4.56. The van der Waals surface area contributed by atoms with Crippen LogP contribution in [0.3, 0.4) is 0 Å². The Morgan fingerprint density at radius 3 is 2.81 bits per heavy atom. The Balaban J connectivity index is 2.61. The molecule has 0 heterocycles. The van der Waals surface area contributed by atoms with Gasteiger partial charge in [0, 0.05) is 13.6 Å². The monoisotopic (exact) mass is 225 g/mol. The van der Waals surface area contributed by atoms with Crippen LogP contribution in [0.15, 0.2) is 18.2 Å². The van der Waals surface area contributed by atoms with Gasteiger partial charge in [0.25, 0.3) is 5.91 Å². The van der Waals surface area contributed by atoms with Crippen molar-refractivity contribution in [2.45, 2.75) is 13.8 Å². The Morgan fingerprint density at radius 1 is 1.50 bits per heavy atom. The van der Waals surface area contributed by atoms with Crippen molar-refractivity contribution in [2.24, 2.45) is 0 Å². The molecule has 1 aromatic carbocycles. The number of rotatable bonds is 4. The molecule has 0 saturated heterocycles. The van der Waals surface area contributed by atoms with Gasteiger partial charge in [-0.3, -0.25) is 4.79 Å². The molecule has 0 bridgehead atoms. The Morgan fingerprint density at radius 2 is 2.19 bits per heavy atom. The van der Waals surface area contributed by atoms with Crippen molar-refractivity contribution in [1.29, 1.82) is 0 Å². The Bertz CT molecular complexity index is 379. The molecular weight excluding hydrogens is 209 g/mol. The van der Waals surface area contributed by atoms with Gasteiger partial charge in [-0.1, -0.05) is 6.07 Å². The lowest BCUT2D eigenvalue weighted by Gasteiger charge is -2.15. The SMILES string of the molecule is CCN(C)C(=O)COc1cc(C)ccc1F. The first-order chi connectivity index (χ1) is 7.54. The Kier molecular flexibility index (Phi) is 4.28. The molecule has 0 spiro atoms. The van der Waals surface area contributed by atoms with Crippen molar-refractivity contribution in [2.75, 3.05) is 20.2 Å². The van der Waals surface area contributed by atoms with Gasteiger partial charge in [-0.25, -0.2) is 4.39 Å². The average Bonchev–Trinajstić information content (AvgIpc) is 2.28. The van der Waals surface area contributed by atoms with Crippen LogP contribution in [0.25, 0.3) is 0 Å². The normalized spacial score (nSPS) is 10.0. The number of carbonyl (C=O) groups excluding carboxylic acids is 1. The van der Waals surface area contributed by atoms with E-state index in [1.807, 2.05) is 13.8 Å². The van der Waals surface area contributed by atoms with Crippen LogP contribution in [0.1, 0.15) is 12.5 Å². The van der Waals surface area contributed by atoms with Gasteiger partial charge in [0.2, 0.25) is 0 Å². The van der Waals surface area contributed by atoms with E-state index in [2.05, 4.69) is 0 Å². The fourth-order valence-corrected chi connectivity index (χ4v) is 1.15. The standard InChI is InChI=1S/C12H16FNO2/c1-4-14(3)12(15)8-16-11-7-9(2)5-6-10(11)13/h5-7H,4,8H2,1-3H3. The van der Waals surface area contributed by atoms with Crippen LogP contribution in [-0.4, -0.2) is 31.0 Å².